The van der Waals surface area contributed by atoms with E-state index >= 15 is 0 Å². The highest BCUT2D eigenvalue weighted by Gasteiger charge is 2.29. The number of hydrogen-bond donors (Lipinski definition) is 1. The summed E-state index contributed by atoms with van der Waals surface area (Å²) in [6, 6.07) is 14.2. The van der Waals surface area contributed by atoms with Gasteiger partial charge in [0.1, 0.15) is 22.8 Å². The average molecular weight is 587 g/mol. The molecule has 0 saturated carbocycles. The van der Waals surface area contributed by atoms with Crippen LogP contribution in [0.5, 0.6) is 28.7 Å². The maximum atomic E-state index is 13.6. The molecule has 0 spiro atoms. The minimum absolute atomic E-state index is 0.0265. The van der Waals surface area contributed by atoms with Crippen LogP contribution in [0.3, 0.4) is 0 Å². The third kappa shape index (κ3) is 6.09. The number of hydrogen-bond acceptors (Lipinski definition) is 7. The summed E-state index contributed by atoms with van der Waals surface area (Å²) in [6.07, 6.45) is 0.663. The van der Waals surface area contributed by atoms with Gasteiger partial charge in [-0.3, -0.25) is 0 Å². The summed E-state index contributed by atoms with van der Waals surface area (Å²) >= 11 is 0. The molecule has 0 aromatic heterocycles. The number of carboxylic acids is 1. The van der Waals surface area contributed by atoms with Gasteiger partial charge in [-0.25, -0.2) is 9.59 Å². The molecule has 8 nitrogen and oxygen atoms in total. The van der Waals surface area contributed by atoms with Gasteiger partial charge < -0.3 is 28.8 Å². The van der Waals surface area contributed by atoms with Crippen molar-refractivity contribution in [2.75, 3.05) is 27.4 Å². The molecule has 0 radical (unpaired) electrons. The Balaban J connectivity index is 1.52. The van der Waals surface area contributed by atoms with Crippen LogP contribution < -0.4 is 23.7 Å². The Kier molecular flexibility index (Phi) is 9.49. The van der Waals surface area contributed by atoms with Gasteiger partial charge in [-0.2, -0.15) is 0 Å². The van der Waals surface area contributed by atoms with Crippen LogP contribution >= 0.6 is 0 Å². The van der Waals surface area contributed by atoms with Gasteiger partial charge in [0.25, 0.3) is 0 Å². The SMILES string of the molecule is COc1c(C)c(OCCCOc2ccc3ccccc3c2)c(C)c(C)c1OC(=O)c1c(C)c(C)c(C(=O)O)c(OC)c1C. The number of carboxylic acid groups (broad SMARTS) is 1. The number of rotatable bonds is 11. The Morgan fingerprint density at radius 2 is 1.23 bits per heavy atom. The Morgan fingerprint density at radius 3 is 1.88 bits per heavy atom. The zero-order chi connectivity index (χ0) is 31.4. The van der Waals surface area contributed by atoms with Crippen molar-refractivity contribution in [2.24, 2.45) is 0 Å². The fourth-order valence-electron chi connectivity index (χ4n) is 5.42. The molecule has 0 heterocycles. The minimum Gasteiger partial charge on any atom is -0.496 e. The Labute approximate surface area is 252 Å². The summed E-state index contributed by atoms with van der Waals surface area (Å²) in [5.41, 5.74) is 3.83. The van der Waals surface area contributed by atoms with Crippen LogP contribution in [0, 0.1) is 41.5 Å². The Bertz CT molecular complexity index is 1700. The van der Waals surface area contributed by atoms with Crippen LogP contribution in [0.2, 0.25) is 0 Å². The molecule has 4 rings (SSSR count). The van der Waals surface area contributed by atoms with E-state index in [1.807, 2.05) is 51.1 Å². The standard InChI is InChI=1S/C35H38O8/c1-19-20(2)29(34(36)37)31(39-7)23(5)28(19)35(38)43-33-22(4)21(3)30(24(6)32(33)40-8)42-17-11-16-41-27-15-14-25-12-9-10-13-26(25)18-27/h9-10,12-15,18H,11,16-17H2,1-8H3,(H,36,37). The van der Waals surface area contributed by atoms with E-state index in [-0.39, 0.29) is 22.6 Å². The van der Waals surface area contributed by atoms with Crippen molar-refractivity contribution in [1.29, 1.82) is 0 Å². The molecule has 0 aliphatic heterocycles. The lowest BCUT2D eigenvalue weighted by molar-refractivity contribution is 0.0685. The second-order valence-electron chi connectivity index (χ2n) is 10.5. The van der Waals surface area contributed by atoms with E-state index in [4.69, 9.17) is 23.7 Å². The lowest BCUT2D eigenvalue weighted by atomic mass is 9.92. The van der Waals surface area contributed by atoms with Crippen LogP contribution in [-0.4, -0.2) is 44.5 Å². The van der Waals surface area contributed by atoms with E-state index in [9.17, 15) is 14.7 Å². The lowest BCUT2D eigenvalue weighted by Gasteiger charge is -2.22. The third-order valence-electron chi connectivity index (χ3n) is 7.93. The van der Waals surface area contributed by atoms with Crippen LogP contribution in [0.25, 0.3) is 10.8 Å². The van der Waals surface area contributed by atoms with Gasteiger partial charge >= 0.3 is 11.9 Å². The van der Waals surface area contributed by atoms with Crippen molar-refractivity contribution < 1.29 is 38.4 Å². The number of carbonyl (C=O) groups excluding carboxylic acids is 1. The molecule has 0 fully saturated rings. The predicted molar refractivity (Wildman–Crippen MR) is 166 cm³/mol. The van der Waals surface area contributed by atoms with E-state index in [2.05, 4.69) is 12.1 Å². The highest BCUT2D eigenvalue weighted by atomic mass is 16.6. The predicted octanol–water partition coefficient (Wildman–Crippen LogP) is 7.47. The minimum atomic E-state index is -1.12. The third-order valence-corrected chi connectivity index (χ3v) is 7.93. The summed E-state index contributed by atoms with van der Waals surface area (Å²) in [4.78, 5) is 25.5. The highest BCUT2D eigenvalue weighted by molar-refractivity contribution is 6.01. The fourth-order valence-corrected chi connectivity index (χ4v) is 5.42. The molecule has 0 amide bonds. The van der Waals surface area contributed by atoms with Crippen LogP contribution in [0.15, 0.2) is 42.5 Å². The molecule has 0 atom stereocenters. The first kappa shape index (κ1) is 31.2. The summed E-state index contributed by atoms with van der Waals surface area (Å²) in [6.45, 7) is 11.5. The Hall–Kier alpha value is -4.72. The maximum Gasteiger partial charge on any atom is 0.344 e. The first-order chi connectivity index (χ1) is 20.5. The van der Waals surface area contributed by atoms with Gasteiger partial charge in [-0.05, 0) is 81.1 Å². The quantitative estimate of drug-likeness (QED) is 0.110. The molecule has 0 unspecified atom stereocenters. The van der Waals surface area contributed by atoms with Crippen LogP contribution in [0.4, 0.5) is 0 Å². The first-order valence-electron chi connectivity index (χ1n) is 14.1. The smallest absolute Gasteiger partial charge is 0.344 e. The van der Waals surface area contributed by atoms with Crippen molar-refractivity contribution >= 4 is 22.7 Å². The molecular formula is C35H38O8. The summed E-state index contributed by atoms with van der Waals surface area (Å²) < 4.78 is 29.2. The fraction of sp³-hybridized carbons (Fsp3) is 0.314. The molecule has 43 heavy (non-hydrogen) atoms. The van der Waals surface area contributed by atoms with Crippen LogP contribution in [0.1, 0.15) is 60.5 Å². The summed E-state index contributed by atoms with van der Waals surface area (Å²) in [5.74, 6) is 0.522. The number of ether oxygens (including phenoxy) is 5. The molecule has 4 aromatic carbocycles. The van der Waals surface area contributed by atoms with Gasteiger partial charge in [0, 0.05) is 23.1 Å². The Morgan fingerprint density at radius 1 is 0.628 bits per heavy atom. The highest BCUT2D eigenvalue weighted by Crippen LogP contribution is 2.44. The lowest BCUT2D eigenvalue weighted by Crippen LogP contribution is -2.18. The van der Waals surface area contributed by atoms with Crippen molar-refractivity contribution in [1.82, 2.24) is 0 Å². The number of benzene rings is 4. The van der Waals surface area contributed by atoms with Crippen molar-refractivity contribution in [3.05, 3.63) is 87.0 Å². The van der Waals surface area contributed by atoms with Crippen molar-refractivity contribution in [3.63, 3.8) is 0 Å². The number of fused-ring (bicyclic) bond motifs is 1. The molecule has 0 aliphatic rings. The topological polar surface area (TPSA) is 101 Å². The number of aromatic carboxylic acids is 1. The zero-order valence-corrected chi connectivity index (χ0v) is 26.0. The van der Waals surface area contributed by atoms with Gasteiger partial charge in [0.15, 0.2) is 11.5 Å². The van der Waals surface area contributed by atoms with E-state index in [0.717, 1.165) is 16.7 Å². The van der Waals surface area contributed by atoms with E-state index in [0.29, 0.717) is 59.0 Å². The molecule has 8 heteroatoms. The van der Waals surface area contributed by atoms with E-state index < -0.39 is 11.9 Å². The second-order valence-corrected chi connectivity index (χ2v) is 10.5. The number of methoxy groups -OCH3 is 2. The zero-order valence-electron chi connectivity index (χ0n) is 26.0. The van der Waals surface area contributed by atoms with E-state index in [1.54, 1.807) is 20.8 Å². The molecule has 1 N–H and O–H groups in total. The molecule has 0 saturated heterocycles. The number of esters is 1. The molecular weight excluding hydrogens is 548 g/mol. The number of carbonyl (C=O) groups is 2. The van der Waals surface area contributed by atoms with Gasteiger partial charge in [0.05, 0.1) is 33.0 Å². The molecule has 4 aromatic rings. The van der Waals surface area contributed by atoms with Crippen molar-refractivity contribution in [3.8, 4) is 28.7 Å². The van der Waals surface area contributed by atoms with Gasteiger partial charge in [0.2, 0.25) is 0 Å². The van der Waals surface area contributed by atoms with Gasteiger partial charge in [-0.15, -0.1) is 0 Å². The summed E-state index contributed by atoms with van der Waals surface area (Å²) in [5, 5.41) is 12.0. The van der Waals surface area contributed by atoms with Crippen molar-refractivity contribution in [2.45, 2.75) is 48.0 Å². The molecule has 0 bridgehead atoms. The normalized spacial score (nSPS) is 10.9. The molecule has 0 aliphatic carbocycles. The summed E-state index contributed by atoms with van der Waals surface area (Å²) in [7, 11) is 2.90. The largest absolute Gasteiger partial charge is 0.496 e. The monoisotopic (exact) mass is 586 g/mol. The van der Waals surface area contributed by atoms with E-state index in [1.165, 1.54) is 19.6 Å². The molecule has 226 valence electrons. The average Bonchev–Trinajstić information content (AvgIpc) is 2.98. The maximum absolute atomic E-state index is 13.6. The van der Waals surface area contributed by atoms with Gasteiger partial charge in [-0.1, -0.05) is 30.3 Å². The van der Waals surface area contributed by atoms with Crippen LogP contribution in [-0.2, 0) is 0 Å². The first-order valence-corrected chi connectivity index (χ1v) is 14.1. The second kappa shape index (κ2) is 13.1.